The third-order valence-electron chi connectivity index (χ3n) is 5.50. The third-order valence-corrected chi connectivity index (χ3v) is 5.50. The molecule has 0 aliphatic carbocycles. The van der Waals surface area contributed by atoms with Gasteiger partial charge in [0, 0.05) is 12.6 Å². The number of piperidine rings is 1. The minimum atomic E-state index is 0.718. The highest BCUT2D eigenvalue weighted by atomic mass is 15.2. The molecule has 116 valence electrons. The van der Waals surface area contributed by atoms with Crippen LogP contribution in [0.4, 0.5) is 0 Å². The van der Waals surface area contributed by atoms with Crippen molar-refractivity contribution in [3.8, 4) is 0 Å². The predicted molar refractivity (Wildman–Crippen MR) is 89.7 cm³/mol. The van der Waals surface area contributed by atoms with Crippen molar-refractivity contribution >= 4 is 0 Å². The van der Waals surface area contributed by atoms with Crippen molar-refractivity contribution in [3.05, 3.63) is 35.9 Å². The SMILES string of the molecule is CCC(c1ccccc1)C1CCCN1CC1CCNCC1. The van der Waals surface area contributed by atoms with Gasteiger partial charge >= 0.3 is 0 Å². The van der Waals surface area contributed by atoms with Crippen LogP contribution in [0.15, 0.2) is 30.3 Å². The number of nitrogens with one attached hydrogen (secondary N) is 1. The van der Waals surface area contributed by atoms with Gasteiger partial charge in [-0.1, -0.05) is 37.3 Å². The highest BCUT2D eigenvalue weighted by Gasteiger charge is 2.32. The lowest BCUT2D eigenvalue weighted by molar-refractivity contribution is 0.171. The van der Waals surface area contributed by atoms with E-state index in [0.29, 0.717) is 0 Å². The average Bonchev–Trinajstić information content (AvgIpc) is 2.98. The first-order valence-electron chi connectivity index (χ1n) is 8.88. The molecule has 2 fully saturated rings. The van der Waals surface area contributed by atoms with Crippen LogP contribution < -0.4 is 5.32 Å². The summed E-state index contributed by atoms with van der Waals surface area (Å²) in [6.07, 6.45) is 6.77. The van der Waals surface area contributed by atoms with E-state index in [4.69, 9.17) is 0 Å². The van der Waals surface area contributed by atoms with E-state index in [2.05, 4.69) is 47.5 Å². The Kier molecular flexibility index (Phi) is 5.32. The number of hydrogen-bond acceptors (Lipinski definition) is 2. The quantitative estimate of drug-likeness (QED) is 0.889. The van der Waals surface area contributed by atoms with E-state index in [0.717, 1.165) is 17.9 Å². The molecule has 2 heterocycles. The summed E-state index contributed by atoms with van der Waals surface area (Å²) in [6.45, 7) is 7.45. The van der Waals surface area contributed by atoms with Gasteiger partial charge in [0.25, 0.3) is 0 Å². The minimum Gasteiger partial charge on any atom is -0.317 e. The lowest BCUT2D eigenvalue weighted by Crippen LogP contribution is -2.40. The Balaban J connectivity index is 1.67. The maximum Gasteiger partial charge on any atom is 0.0164 e. The molecule has 2 aliphatic heterocycles. The van der Waals surface area contributed by atoms with E-state index >= 15 is 0 Å². The molecule has 2 heteroatoms. The molecule has 2 atom stereocenters. The Morgan fingerprint density at radius 1 is 1.14 bits per heavy atom. The summed E-state index contributed by atoms with van der Waals surface area (Å²) in [5.74, 6) is 1.63. The first-order chi connectivity index (χ1) is 10.4. The molecular formula is C19H30N2. The maximum absolute atomic E-state index is 3.49. The molecule has 2 nitrogen and oxygen atoms in total. The van der Waals surface area contributed by atoms with E-state index in [1.165, 1.54) is 58.3 Å². The standard InChI is InChI=1S/C19H30N2/c1-2-18(17-7-4-3-5-8-17)19-9-6-14-21(19)15-16-10-12-20-13-11-16/h3-5,7-8,16,18-20H,2,6,9-15H2,1H3. The molecule has 2 aliphatic rings. The molecule has 0 amide bonds. The molecule has 3 rings (SSSR count). The molecule has 1 aromatic carbocycles. The lowest BCUT2D eigenvalue weighted by atomic mass is 9.87. The Bertz CT molecular complexity index is 411. The van der Waals surface area contributed by atoms with Crippen LogP contribution in [-0.2, 0) is 0 Å². The Morgan fingerprint density at radius 3 is 2.62 bits per heavy atom. The van der Waals surface area contributed by atoms with Crippen molar-refractivity contribution in [1.82, 2.24) is 10.2 Å². The van der Waals surface area contributed by atoms with Crippen molar-refractivity contribution < 1.29 is 0 Å². The van der Waals surface area contributed by atoms with Crippen LogP contribution in [0.3, 0.4) is 0 Å². The Hall–Kier alpha value is -0.860. The molecular weight excluding hydrogens is 256 g/mol. The summed E-state index contributed by atoms with van der Waals surface area (Å²) in [7, 11) is 0. The van der Waals surface area contributed by atoms with Gasteiger partial charge in [0.2, 0.25) is 0 Å². The van der Waals surface area contributed by atoms with Crippen LogP contribution in [0.25, 0.3) is 0 Å². The smallest absolute Gasteiger partial charge is 0.0164 e. The molecule has 0 saturated carbocycles. The van der Waals surface area contributed by atoms with Crippen LogP contribution >= 0.6 is 0 Å². The zero-order chi connectivity index (χ0) is 14.5. The largest absolute Gasteiger partial charge is 0.317 e. The first kappa shape index (κ1) is 15.1. The van der Waals surface area contributed by atoms with Gasteiger partial charge in [-0.25, -0.2) is 0 Å². The summed E-state index contributed by atoms with van der Waals surface area (Å²) >= 11 is 0. The number of hydrogen-bond donors (Lipinski definition) is 1. The van der Waals surface area contributed by atoms with Gasteiger partial charge < -0.3 is 5.32 Å². The lowest BCUT2D eigenvalue weighted by Gasteiger charge is -2.35. The van der Waals surface area contributed by atoms with Gasteiger partial charge in [0.15, 0.2) is 0 Å². The van der Waals surface area contributed by atoms with Crippen molar-refractivity contribution in [2.24, 2.45) is 5.92 Å². The second-order valence-electron chi connectivity index (χ2n) is 6.82. The summed E-state index contributed by atoms with van der Waals surface area (Å²) in [6, 6.07) is 12.0. The average molecular weight is 286 g/mol. The Labute approximate surface area is 129 Å². The van der Waals surface area contributed by atoms with Crippen LogP contribution in [-0.4, -0.2) is 37.1 Å². The summed E-state index contributed by atoms with van der Waals surface area (Å²) < 4.78 is 0. The fraction of sp³-hybridized carbons (Fsp3) is 0.684. The van der Waals surface area contributed by atoms with E-state index in [1.54, 1.807) is 5.56 Å². The molecule has 0 bridgehead atoms. The molecule has 0 radical (unpaired) electrons. The van der Waals surface area contributed by atoms with Gasteiger partial charge in [-0.2, -0.15) is 0 Å². The first-order valence-corrected chi connectivity index (χ1v) is 8.88. The van der Waals surface area contributed by atoms with Crippen LogP contribution in [0, 0.1) is 5.92 Å². The summed E-state index contributed by atoms with van der Waals surface area (Å²) in [4.78, 5) is 2.82. The molecule has 21 heavy (non-hydrogen) atoms. The van der Waals surface area contributed by atoms with Gasteiger partial charge in [-0.15, -0.1) is 0 Å². The van der Waals surface area contributed by atoms with Gasteiger partial charge in [0.1, 0.15) is 0 Å². The molecule has 2 saturated heterocycles. The molecule has 1 N–H and O–H groups in total. The van der Waals surface area contributed by atoms with E-state index in [1.807, 2.05) is 0 Å². The zero-order valence-corrected chi connectivity index (χ0v) is 13.4. The molecule has 0 aromatic heterocycles. The van der Waals surface area contributed by atoms with Gasteiger partial charge in [-0.05, 0) is 69.1 Å². The van der Waals surface area contributed by atoms with E-state index < -0.39 is 0 Å². The second-order valence-corrected chi connectivity index (χ2v) is 6.82. The highest BCUT2D eigenvalue weighted by Crippen LogP contribution is 2.34. The highest BCUT2D eigenvalue weighted by molar-refractivity contribution is 5.21. The third kappa shape index (κ3) is 3.67. The van der Waals surface area contributed by atoms with E-state index in [9.17, 15) is 0 Å². The molecule has 1 aromatic rings. The fourth-order valence-electron chi connectivity index (χ4n) is 4.36. The van der Waals surface area contributed by atoms with E-state index in [-0.39, 0.29) is 0 Å². The van der Waals surface area contributed by atoms with Gasteiger partial charge in [0.05, 0.1) is 0 Å². The van der Waals surface area contributed by atoms with Crippen molar-refractivity contribution in [3.63, 3.8) is 0 Å². The normalized spacial score (nSPS) is 26.0. The topological polar surface area (TPSA) is 15.3 Å². The zero-order valence-electron chi connectivity index (χ0n) is 13.4. The number of rotatable bonds is 5. The molecule has 2 unspecified atom stereocenters. The summed E-state index contributed by atoms with van der Waals surface area (Å²) in [5, 5.41) is 3.49. The number of likely N-dealkylation sites (tertiary alicyclic amines) is 1. The minimum absolute atomic E-state index is 0.718. The number of nitrogens with zero attached hydrogens (tertiary/aromatic N) is 1. The summed E-state index contributed by atoms with van der Waals surface area (Å²) in [5.41, 5.74) is 1.54. The van der Waals surface area contributed by atoms with Crippen molar-refractivity contribution in [2.75, 3.05) is 26.2 Å². The van der Waals surface area contributed by atoms with Crippen LogP contribution in [0.2, 0.25) is 0 Å². The van der Waals surface area contributed by atoms with Crippen molar-refractivity contribution in [1.29, 1.82) is 0 Å². The Morgan fingerprint density at radius 2 is 1.90 bits per heavy atom. The molecule has 0 spiro atoms. The van der Waals surface area contributed by atoms with Crippen LogP contribution in [0.1, 0.15) is 50.5 Å². The second kappa shape index (κ2) is 7.42. The fourth-order valence-corrected chi connectivity index (χ4v) is 4.36. The van der Waals surface area contributed by atoms with Gasteiger partial charge in [-0.3, -0.25) is 4.90 Å². The van der Waals surface area contributed by atoms with Crippen LogP contribution in [0.5, 0.6) is 0 Å². The monoisotopic (exact) mass is 286 g/mol. The van der Waals surface area contributed by atoms with Crippen molar-refractivity contribution in [2.45, 2.75) is 51.0 Å². The number of benzene rings is 1. The predicted octanol–water partition coefficient (Wildman–Crippen LogP) is 3.64. The maximum atomic E-state index is 3.49.